The minimum atomic E-state index is -0.262. The van der Waals surface area contributed by atoms with Crippen LogP contribution in [0.1, 0.15) is 23.2 Å². The smallest absolute Gasteiger partial charge is 0.254 e. The first-order valence-electron chi connectivity index (χ1n) is 6.49. The number of hydrogen-bond acceptors (Lipinski definition) is 4. The molecule has 0 atom stereocenters. The van der Waals surface area contributed by atoms with Crippen molar-refractivity contribution < 1.29 is 14.3 Å². The van der Waals surface area contributed by atoms with E-state index in [1.807, 2.05) is 0 Å². The highest BCUT2D eigenvalue weighted by molar-refractivity contribution is 5.97. The van der Waals surface area contributed by atoms with Crippen molar-refractivity contribution in [3.8, 4) is 5.75 Å². The van der Waals surface area contributed by atoms with Gasteiger partial charge in [-0.3, -0.25) is 9.59 Å². The highest BCUT2D eigenvalue weighted by atomic mass is 16.5. The topological polar surface area (TPSA) is 84.7 Å². The lowest BCUT2D eigenvalue weighted by Crippen LogP contribution is -2.39. The summed E-state index contributed by atoms with van der Waals surface area (Å²) >= 11 is 0. The van der Waals surface area contributed by atoms with Crippen molar-refractivity contribution in [1.29, 1.82) is 0 Å². The number of nitrogen functional groups attached to an aromatic ring is 1. The summed E-state index contributed by atoms with van der Waals surface area (Å²) < 4.78 is 5.08. The van der Waals surface area contributed by atoms with Gasteiger partial charge in [0.1, 0.15) is 5.75 Å². The average molecular weight is 277 g/mol. The second-order valence-electron chi connectivity index (χ2n) is 5.00. The average Bonchev–Trinajstić information content (AvgIpc) is 3.20. The summed E-state index contributed by atoms with van der Waals surface area (Å²) in [5.74, 6) is 0.116. The Morgan fingerprint density at radius 3 is 2.70 bits per heavy atom. The molecule has 2 rings (SSSR count). The predicted molar refractivity (Wildman–Crippen MR) is 75.5 cm³/mol. The molecule has 0 aliphatic heterocycles. The van der Waals surface area contributed by atoms with Crippen LogP contribution in [0.15, 0.2) is 18.2 Å². The van der Waals surface area contributed by atoms with E-state index in [4.69, 9.17) is 10.5 Å². The molecule has 6 heteroatoms. The zero-order valence-electron chi connectivity index (χ0n) is 11.7. The summed E-state index contributed by atoms with van der Waals surface area (Å²) in [5, 5.41) is 2.84. The molecule has 0 unspecified atom stereocenters. The van der Waals surface area contributed by atoms with Gasteiger partial charge in [-0.25, -0.2) is 0 Å². The van der Waals surface area contributed by atoms with E-state index < -0.39 is 0 Å². The third-order valence-electron chi connectivity index (χ3n) is 3.08. The van der Waals surface area contributed by atoms with E-state index in [2.05, 4.69) is 5.32 Å². The molecule has 1 aliphatic rings. The van der Waals surface area contributed by atoms with Gasteiger partial charge in [-0.05, 0) is 25.0 Å². The molecule has 1 fully saturated rings. The van der Waals surface area contributed by atoms with Crippen molar-refractivity contribution in [2.75, 3.05) is 26.4 Å². The molecule has 0 heterocycles. The van der Waals surface area contributed by atoms with E-state index in [0.717, 1.165) is 12.8 Å². The lowest BCUT2D eigenvalue weighted by Gasteiger charge is -2.17. The van der Waals surface area contributed by atoms with E-state index >= 15 is 0 Å². The predicted octanol–water partition coefficient (Wildman–Crippen LogP) is 0.628. The van der Waals surface area contributed by atoms with Crippen LogP contribution >= 0.6 is 0 Å². The van der Waals surface area contributed by atoms with Gasteiger partial charge in [0, 0.05) is 30.4 Å². The maximum Gasteiger partial charge on any atom is 0.254 e. The van der Waals surface area contributed by atoms with Crippen molar-refractivity contribution in [2.24, 2.45) is 0 Å². The molecule has 1 aromatic carbocycles. The Balaban J connectivity index is 2.01. The Hall–Kier alpha value is -2.24. The first kappa shape index (κ1) is 14.2. The van der Waals surface area contributed by atoms with E-state index in [0.29, 0.717) is 23.0 Å². The van der Waals surface area contributed by atoms with E-state index in [1.165, 1.54) is 12.0 Å². The Morgan fingerprint density at radius 2 is 2.10 bits per heavy atom. The third kappa shape index (κ3) is 3.63. The third-order valence-corrected chi connectivity index (χ3v) is 3.08. The lowest BCUT2D eigenvalue weighted by atomic mass is 10.1. The van der Waals surface area contributed by atoms with Gasteiger partial charge < -0.3 is 20.7 Å². The van der Waals surface area contributed by atoms with Gasteiger partial charge in [0.05, 0.1) is 13.7 Å². The summed E-state index contributed by atoms with van der Waals surface area (Å²) in [7, 11) is 3.10. The number of carbonyl (C=O) groups excluding carboxylic acids is 2. The van der Waals surface area contributed by atoms with Gasteiger partial charge in [-0.15, -0.1) is 0 Å². The first-order valence-corrected chi connectivity index (χ1v) is 6.49. The number of ether oxygens (including phenoxy) is 1. The number of anilines is 1. The number of carbonyl (C=O) groups is 2. The summed E-state index contributed by atoms with van der Waals surface area (Å²) in [6, 6.07) is 5.10. The van der Waals surface area contributed by atoms with Crippen LogP contribution in [0.3, 0.4) is 0 Å². The number of rotatable bonds is 5. The summed E-state index contributed by atoms with van der Waals surface area (Å²) in [4.78, 5) is 25.3. The molecule has 0 spiro atoms. The number of amides is 2. The molecule has 0 bridgehead atoms. The number of nitrogens with zero attached hydrogens (tertiary/aromatic N) is 1. The Labute approximate surface area is 117 Å². The number of likely N-dealkylation sites (N-methyl/N-ethyl adjacent to an activating group) is 1. The molecular weight excluding hydrogens is 258 g/mol. The number of nitrogens with one attached hydrogen (secondary N) is 1. The SMILES string of the molecule is COc1cc(N)cc(C(=O)N(C)CC(=O)NC2CC2)c1. The number of benzene rings is 1. The summed E-state index contributed by atoms with van der Waals surface area (Å²) in [5.41, 5.74) is 6.57. The monoisotopic (exact) mass is 277 g/mol. The molecule has 0 saturated heterocycles. The fourth-order valence-corrected chi connectivity index (χ4v) is 1.87. The maximum absolute atomic E-state index is 12.2. The maximum atomic E-state index is 12.2. The molecule has 1 aromatic rings. The Morgan fingerprint density at radius 1 is 1.40 bits per heavy atom. The Bertz CT molecular complexity index is 526. The second-order valence-corrected chi connectivity index (χ2v) is 5.00. The van der Waals surface area contributed by atoms with Gasteiger partial charge in [0.15, 0.2) is 0 Å². The molecular formula is C14H19N3O3. The fourth-order valence-electron chi connectivity index (χ4n) is 1.87. The normalized spacial score (nSPS) is 13.7. The lowest BCUT2D eigenvalue weighted by molar-refractivity contribution is -0.121. The van der Waals surface area contributed by atoms with E-state index in [-0.39, 0.29) is 18.4 Å². The van der Waals surface area contributed by atoms with Crippen LogP contribution in [0, 0.1) is 0 Å². The molecule has 1 aliphatic carbocycles. The van der Waals surface area contributed by atoms with Crippen LogP contribution in [0.5, 0.6) is 5.75 Å². The molecule has 6 nitrogen and oxygen atoms in total. The molecule has 1 saturated carbocycles. The number of hydrogen-bond donors (Lipinski definition) is 2. The second kappa shape index (κ2) is 5.81. The van der Waals surface area contributed by atoms with Crippen LogP contribution in [-0.4, -0.2) is 43.5 Å². The van der Waals surface area contributed by atoms with Gasteiger partial charge in [-0.1, -0.05) is 0 Å². The van der Waals surface area contributed by atoms with Gasteiger partial charge in [0.2, 0.25) is 5.91 Å². The van der Waals surface area contributed by atoms with Crippen LogP contribution < -0.4 is 15.8 Å². The first-order chi connectivity index (χ1) is 9.49. The zero-order valence-corrected chi connectivity index (χ0v) is 11.7. The van der Waals surface area contributed by atoms with Crippen LogP contribution in [0.4, 0.5) is 5.69 Å². The minimum absolute atomic E-state index is 0.0342. The summed E-state index contributed by atoms with van der Waals surface area (Å²) in [6.07, 6.45) is 2.05. The van der Waals surface area contributed by atoms with E-state index in [1.54, 1.807) is 25.2 Å². The van der Waals surface area contributed by atoms with Crippen LogP contribution in [0.2, 0.25) is 0 Å². The van der Waals surface area contributed by atoms with Crippen molar-refractivity contribution in [2.45, 2.75) is 18.9 Å². The van der Waals surface area contributed by atoms with Crippen molar-refractivity contribution >= 4 is 17.5 Å². The van der Waals surface area contributed by atoms with Crippen molar-refractivity contribution in [3.05, 3.63) is 23.8 Å². The van der Waals surface area contributed by atoms with Gasteiger partial charge in [-0.2, -0.15) is 0 Å². The standard InChI is InChI=1S/C14H19N3O3/c1-17(8-13(18)16-11-3-4-11)14(19)9-5-10(15)7-12(6-9)20-2/h5-7,11H,3-4,8,15H2,1-2H3,(H,16,18). The van der Waals surface area contributed by atoms with Crippen LogP contribution in [-0.2, 0) is 4.79 Å². The number of nitrogens with two attached hydrogens (primary N) is 1. The minimum Gasteiger partial charge on any atom is -0.497 e. The van der Waals surface area contributed by atoms with Gasteiger partial charge >= 0.3 is 0 Å². The van der Waals surface area contributed by atoms with Gasteiger partial charge in [0.25, 0.3) is 5.91 Å². The largest absolute Gasteiger partial charge is 0.497 e. The fraction of sp³-hybridized carbons (Fsp3) is 0.429. The highest BCUT2D eigenvalue weighted by Gasteiger charge is 2.24. The molecule has 2 amide bonds. The van der Waals surface area contributed by atoms with Crippen LogP contribution in [0.25, 0.3) is 0 Å². The summed E-state index contributed by atoms with van der Waals surface area (Å²) in [6.45, 7) is 0.0342. The van der Waals surface area contributed by atoms with Crippen molar-refractivity contribution in [1.82, 2.24) is 10.2 Å². The molecule has 108 valence electrons. The quantitative estimate of drug-likeness (QED) is 0.773. The molecule has 20 heavy (non-hydrogen) atoms. The molecule has 0 aromatic heterocycles. The molecule has 0 radical (unpaired) electrons. The number of methoxy groups -OCH3 is 1. The molecule has 3 N–H and O–H groups in total. The highest BCUT2D eigenvalue weighted by Crippen LogP contribution is 2.20. The van der Waals surface area contributed by atoms with E-state index in [9.17, 15) is 9.59 Å². The Kier molecular flexibility index (Phi) is 4.12. The van der Waals surface area contributed by atoms with Crippen molar-refractivity contribution in [3.63, 3.8) is 0 Å². The zero-order chi connectivity index (χ0) is 14.7.